The smallest absolute Gasteiger partial charge is 0.426 e. The standard InChI is InChI=1S/C27H26N4O6S/c1-18-10-13-22(14-11-18)38(34,35)29-27(33)37-23-15-12-20(16-24(23)36-4)17-28-25-19(2)30(3)31(26(25)32)21-8-6-5-7-9-21/h5-17H,1-4H3,(H,29,33). The summed E-state index contributed by atoms with van der Waals surface area (Å²) in [6, 6.07) is 19.9. The molecule has 4 rings (SSSR count). The minimum Gasteiger partial charge on any atom is -0.493 e. The van der Waals surface area contributed by atoms with Crippen LogP contribution in [0.2, 0.25) is 0 Å². The molecule has 0 aliphatic heterocycles. The van der Waals surface area contributed by atoms with Crippen molar-refractivity contribution in [2.24, 2.45) is 12.0 Å². The number of carbonyl (C=O) groups is 1. The van der Waals surface area contributed by atoms with Crippen LogP contribution in [0, 0.1) is 13.8 Å². The molecule has 0 fully saturated rings. The number of para-hydroxylation sites is 1. The second-order valence-electron chi connectivity index (χ2n) is 8.39. The highest BCUT2D eigenvalue weighted by molar-refractivity contribution is 7.90. The van der Waals surface area contributed by atoms with Crippen LogP contribution in [0.15, 0.2) is 87.5 Å². The third-order valence-electron chi connectivity index (χ3n) is 5.81. The molecule has 11 heteroatoms. The Kier molecular flexibility index (Phi) is 7.49. The number of carbonyl (C=O) groups excluding carboxylic acids is 1. The van der Waals surface area contributed by atoms with Gasteiger partial charge in [-0.3, -0.25) is 9.48 Å². The Bertz CT molecular complexity index is 1670. The molecule has 38 heavy (non-hydrogen) atoms. The van der Waals surface area contributed by atoms with Crippen LogP contribution in [0.25, 0.3) is 5.69 Å². The molecule has 0 radical (unpaired) electrons. The number of hydrogen-bond donors (Lipinski definition) is 1. The third-order valence-corrected chi connectivity index (χ3v) is 7.13. The zero-order valence-electron chi connectivity index (χ0n) is 21.2. The zero-order chi connectivity index (χ0) is 27.4. The van der Waals surface area contributed by atoms with Gasteiger partial charge in [-0.2, -0.15) is 0 Å². The number of nitrogens with zero attached hydrogens (tertiary/aromatic N) is 3. The Hall–Kier alpha value is -4.64. The first kappa shape index (κ1) is 26.4. The van der Waals surface area contributed by atoms with Gasteiger partial charge in [0.05, 0.1) is 23.4 Å². The number of hydrogen-bond acceptors (Lipinski definition) is 7. The van der Waals surface area contributed by atoms with Crippen molar-refractivity contribution in [1.29, 1.82) is 0 Å². The van der Waals surface area contributed by atoms with Crippen LogP contribution in [0.1, 0.15) is 16.8 Å². The van der Waals surface area contributed by atoms with Gasteiger partial charge in [0.2, 0.25) is 0 Å². The molecule has 0 bridgehead atoms. The van der Waals surface area contributed by atoms with Gasteiger partial charge in [-0.1, -0.05) is 35.9 Å². The summed E-state index contributed by atoms with van der Waals surface area (Å²) in [5.74, 6) is 0.173. The molecule has 0 aliphatic rings. The second-order valence-corrected chi connectivity index (χ2v) is 10.1. The van der Waals surface area contributed by atoms with Gasteiger partial charge in [0.15, 0.2) is 17.2 Å². The highest BCUT2D eigenvalue weighted by Gasteiger charge is 2.20. The maximum absolute atomic E-state index is 13.1. The number of benzene rings is 3. The van der Waals surface area contributed by atoms with Gasteiger partial charge in [0.25, 0.3) is 15.6 Å². The molecular weight excluding hydrogens is 508 g/mol. The molecule has 1 aromatic heterocycles. The average Bonchev–Trinajstić information content (AvgIpc) is 3.11. The molecule has 0 atom stereocenters. The topological polar surface area (TPSA) is 121 Å². The van der Waals surface area contributed by atoms with E-state index < -0.39 is 16.1 Å². The van der Waals surface area contributed by atoms with E-state index in [-0.39, 0.29) is 27.6 Å². The summed E-state index contributed by atoms with van der Waals surface area (Å²) in [6.45, 7) is 3.62. The molecule has 0 saturated carbocycles. The molecule has 0 saturated heterocycles. The Balaban J connectivity index is 1.53. The first-order valence-electron chi connectivity index (χ1n) is 11.5. The number of ether oxygens (including phenoxy) is 2. The molecular formula is C27H26N4O6S. The third kappa shape index (κ3) is 5.52. The average molecular weight is 535 g/mol. The number of nitrogens with one attached hydrogen (secondary N) is 1. The number of sulfonamides is 1. The Morgan fingerprint density at radius 3 is 2.32 bits per heavy atom. The van der Waals surface area contributed by atoms with Crippen molar-refractivity contribution >= 4 is 28.0 Å². The highest BCUT2D eigenvalue weighted by atomic mass is 32.2. The van der Waals surface area contributed by atoms with E-state index in [4.69, 9.17) is 9.47 Å². The monoisotopic (exact) mass is 534 g/mol. The number of rotatable bonds is 7. The van der Waals surface area contributed by atoms with Crippen molar-refractivity contribution in [3.63, 3.8) is 0 Å². The maximum Gasteiger partial charge on any atom is 0.426 e. The first-order valence-corrected chi connectivity index (χ1v) is 13.0. The molecule has 1 amide bonds. The Morgan fingerprint density at radius 2 is 1.66 bits per heavy atom. The summed E-state index contributed by atoms with van der Waals surface area (Å²) in [7, 11) is -0.955. The molecule has 196 valence electrons. The summed E-state index contributed by atoms with van der Waals surface area (Å²) in [5.41, 5.74) is 2.84. The fraction of sp³-hybridized carbons (Fsp3) is 0.148. The highest BCUT2D eigenvalue weighted by Crippen LogP contribution is 2.28. The van der Waals surface area contributed by atoms with Gasteiger partial charge in [0, 0.05) is 13.3 Å². The SMILES string of the molecule is COc1cc(C=Nc2c(C)n(C)n(-c3ccccc3)c2=O)ccc1OC(=O)NS(=O)(=O)c1ccc(C)cc1. The predicted octanol–water partition coefficient (Wildman–Crippen LogP) is 4.03. The van der Waals surface area contributed by atoms with Gasteiger partial charge in [0.1, 0.15) is 0 Å². The first-order chi connectivity index (χ1) is 18.1. The summed E-state index contributed by atoms with van der Waals surface area (Å²) >= 11 is 0. The van der Waals surface area contributed by atoms with E-state index >= 15 is 0 Å². The minimum absolute atomic E-state index is 0.00332. The number of aryl methyl sites for hydroxylation is 1. The molecule has 0 aliphatic carbocycles. The van der Waals surface area contributed by atoms with Gasteiger partial charge < -0.3 is 9.47 Å². The van der Waals surface area contributed by atoms with Crippen molar-refractivity contribution < 1.29 is 22.7 Å². The number of aromatic nitrogens is 2. The quantitative estimate of drug-likeness (QED) is 0.358. The Labute approximate surface area is 219 Å². The van der Waals surface area contributed by atoms with Crippen molar-refractivity contribution in [3.05, 3.63) is 100.0 Å². The summed E-state index contributed by atoms with van der Waals surface area (Å²) in [6.07, 6.45) is 0.305. The summed E-state index contributed by atoms with van der Waals surface area (Å²) in [4.78, 5) is 29.7. The summed E-state index contributed by atoms with van der Waals surface area (Å²) in [5, 5.41) is 0. The molecule has 0 unspecified atom stereocenters. The van der Waals surface area contributed by atoms with Crippen molar-refractivity contribution in [2.75, 3.05) is 7.11 Å². The lowest BCUT2D eigenvalue weighted by molar-refractivity contribution is 0.204. The fourth-order valence-corrected chi connectivity index (χ4v) is 4.57. The van der Waals surface area contributed by atoms with E-state index in [0.29, 0.717) is 11.3 Å². The lowest BCUT2D eigenvalue weighted by Gasteiger charge is -2.11. The number of amides is 1. The van der Waals surface area contributed by atoms with E-state index in [1.54, 1.807) is 42.9 Å². The van der Waals surface area contributed by atoms with Crippen molar-refractivity contribution in [3.8, 4) is 17.2 Å². The van der Waals surface area contributed by atoms with Gasteiger partial charge in [-0.25, -0.2) is 27.6 Å². The van der Waals surface area contributed by atoms with Crippen LogP contribution in [-0.4, -0.2) is 37.2 Å². The van der Waals surface area contributed by atoms with E-state index in [2.05, 4.69) is 4.99 Å². The van der Waals surface area contributed by atoms with Crippen LogP contribution in [0.3, 0.4) is 0 Å². The van der Waals surface area contributed by atoms with E-state index in [0.717, 1.165) is 11.3 Å². The molecule has 10 nitrogen and oxygen atoms in total. The van der Waals surface area contributed by atoms with Crippen LogP contribution in [0.4, 0.5) is 10.5 Å². The van der Waals surface area contributed by atoms with Gasteiger partial charge >= 0.3 is 6.09 Å². The normalized spacial score (nSPS) is 11.5. The largest absolute Gasteiger partial charge is 0.493 e. The molecule has 4 aromatic rings. The van der Waals surface area contributed by atoms with E-state index in [1.165, 1.54) is 36.2 Å². The van der Waals surface area contributed by atoms with Gasteiger partial charge in [-0.05, 0) is 61.9 Å². The predicted molar refractivity (Wildman–Crippen MR) is 144 cm³/mol. The Morgan fingerprint density at radius 1 is 0.974 bits per heavy atom. The van der Waals surface area contributed by atoms with Crippen LogP contribution < -0.4 is 19.8 Å². The van der Waals surface area contributed by atoms with E-state index in [1.807, 2.05) is 42.0 Å². The van der Waals surface area contributed by atoms with Gasteiger partial charge in [-0.15, -0.1) is 0 Å². The fourth-order valence-electron chi connectivity index (χ4n) is 3.70. The zero-order valence-corrected chi connectivity index (χ0v) is 22.0. The van der Waals surface area contributed by atoms with Crippen LogP contribution in [0.5, 0.6) is 11.5 Å². The van der Waals surface area contributed by atoms with Crippen LogP contribution in [-0.2, 0) is 17.1 Å². The summed E-state index contributed by atoms with van der Waals surface area (Å²) < 4.78 is 40.5. The number of methoxy groups -OCH3 is 1. The molecule has 1 N–H and O–H groups in total. The lowest BCUT2D eigenvalue weighted by Crippen LogP contribution is -2.33. The molecule has 3 aromatic carbocycles. The molecule has 1 heterocycles. The minimum atomic E-state index is -4.11. The van der Waals surface area contributed by atoms with Crippen molar-refractivity contribution in [2.45, 2.75) is 18.7 Å². The molecule has 0 spiro atoms. The second kappa shape index (κ2) is 10.8. The number of aliphatic imine (C=N–C) groups is 1. The van der Waals surface area contributed by atoms with Crippen molar-refractivity contribution in [1.82, 2.24) is 14.1 Å². The maximum atomic E-state index is 13.1. The van der Waals surface area contributed by atoms with Crippen LogP contribution >= 0.6 is 0 Å². The van der Waals surface area contributed by atoms with E-state index in [9.17, 15) is 18.0 Å². The lowest BCUT2D eigenvalue weighted by atomic mass is 10.2.